The molecule has 0 aromatic heterocycles. The molecule has 0 fully saturated rings. The second-order valence-corrected chi connectivity index (χ2v) is 5.20. The molecule has 1 unspecified atom stereocenters. The van der Waals surface area contributed by atoms with Gasteiger partial charge >= 0.3 is 11.9 Å². The minimum absolute atomic E-state index is 0.271. The third-order valence-electron chi connectivity index (χ3n) is 2.58. The summed E-state index contributed by atoms with van der Waals surface area (Å²) in [6, 6.07) is 0. The van der Waals surface area contributed by atoms with E-state index in [1.807, 2.05) is 13.8 Å². The Balaban J connectivity index is 3.74. The van der Waals surface area contributed by atoms with Crippen LogP contribution in [0.3, 0.4) is 0 Å². The second-order valence-electron chi connectivity index (χ2n) is 5.20. The summed E-state index contributed by atoms with van der Waals surface area (Å²) < 4.78 is 14.9. The lowest BCUT2D eigenvalue weighted by molar-refractivity contribution is -0.141. The normalized spacial score (nSPS) is 12.7. The first kappa shape index (κ1) is 18.6. The van der Waals surface area contributed by atoms with Crippen molar-refractivity contribution in [2.24, 2.45) is 11.8 Å². The van der Waals surface area contributed by atoms with Crippen molar-refractivity contribution in [2.75, 3.05) is 26.9 Å². The molecule has 0 spiro atoms. The Kier molecular flexibility index (Phi) is 10.7. The van der Waals surface area contributed by atoms with Crippen LogP contribution in [0.5, 0.6) is 0 Å². The largest absolute Gasteiger partial charge is 0.463 e. The summed E-state index contributed by atoms with van der Waals surface area (Å²) in [7, 11) is 1.66. The molecule has 0 amide bonds. The van der Waals surface area contributed by atoms with Crippen LogP contribution in [0.25, 0.3) is 0 Å². The highest BCUT2D eigenvalue weighted by Gasteiger charge is 2.05. The third-order valence-corrected chi connectivity index (χ3v) is 2.58. The number of rotatable bonds is 10. The average Bonchev–Trinajstić information content (AvgIpc) is 2.40. The Bertz CT molecular complexity index is 309. The molecule has 116 valence electrons. The van der Waals surface area contributed by atoms with Crippen LogP contribution in [0.2, 0.25) is 0 Å². The number of carbonyl (C=O) groups is 2. The van der Waals surface area contributed by atoms with Crippen LogP contribution in [-0.2, 0) is 23.8 Å². The monoisotopic (exact) mass is 286 g/mol. The van der Waals surface area contributed by atoms with E-state index in [9.17, 15) is 9.59 Å². The Morgan fingerprint density at radius 1 is 0.950 bits per heavy atom. The number of esters is 2. The number of ether oxygens (including phenoxy) is 3. The first-order chi connectivity index (χ1) is 9.45. The van der Waals surface area contributed by atoms with Gasteiger partial charge in [-0.1, -0.05) is 20.8 Å². The number of methoxy groups -OCH3 is 1. The SMILES string of the molecule is COCCC(C)CCOC(=O)/C=C/C(=O)OCC(C)C. The van der Waals surface area contributed by atoms with Gasteiger partial charge in [0, 0.05) is 25.9 Å². The maximum absolute atomic E-state index is 11.3. The van der Waals surface area contributed by atoms with E-state index in [2.05, 4.69) is 6.92 Å². The molecule has 1 atom stereocenters. The van der Waals surface area contributed by atoms with Gasteiger partial charge in [-0.25, -0.2) is 9.59 Å². The molecule has 0 rings (SSSR count). The number of hydrogen-bond acceptors (Lipinski definition) is 5. The molecule has 0 aromatic rings. The van der Waals surface area contributed by atoms with Crippen molar-refractivity contribution in [1.29, 1.82) is 0 Å². The molecule has 0 saturated carbocycles. The Morgan fingerprint density at radius 2 is 1.50 bits per heavy atom. The summed E-state index contributed by atoms with van der Waals surface area (Å²) in [6.07, 6.45) is 3.91. The standard InChI is InChI=1S/C15H26O5/c1-12(2)11-20-15(17)6-5-14(16)19-10-8-13(3)7-9-18-4/h5-6,12-13H,7-11H2,1-4H3/b6-5+. The molecular weight excluding hydrogens is 260 g/mol. The Morgan fingerprint density at radius 3 is 2.05 bits per heavy atom. The van der Waals surface area contributed by atoms with Gasteiger partial charge in [-0.05, 0) is 24.7 Å². The molecule has 0 N–H and O–H groups in total. The van der Waals surface area contributed by atoms with E-state index in [1.54, 1.807) is 7.11 Å². The van der Waals surface area contributed by atoms with Gasteiger partial charge in [0.1, 0.15) is 0 Å². The van der Waals surface area contributed by atoms with Gasteiger partial charge in [0.2, 0.25) is 0 Å². The molecule has 5 nitrogen and oxygen atoms in total. The molecule has 0 aliphatic carbocycles. The maximum atomic E-state index is 11.3. The number of hydrogen-bond donors (Lipinski definition) is 0. The van der Waals surface area contributed by atoms with E-state index in [-0.39, 0.29) is 5.92 Å². The van der Waals surface area contributed by atoms with Gasteiger partial charge in [-0.2, -0.15) is 0 Å². The van der Waals surface area contributed by atoms with Gasteiger partial charge in [0.05, 0.1) is 13.2 Å². The van der Waals surface area contributed by atoms with Crippen molar-refractivity contribution < 1.29 is 23.8 Å². The predicted octanol–water partition coefficient (Wildman–Crippen LogP) is 2.35. The van der Waals surface area contributed by atoms with Crippen LogP contribution >= 0.6 is 0 Å². The van der Waals surface area contributed by atoms with Crippen molar-refractivity contribution in [1.82, 2.24) is 0 Å². The quantitative estimate of drug-likeness (QED) is 0.455. The summed E-state index contributed by atoms with van der Waals surface area (Å²) in [5.74, 6) is -0.342. The zero-order valence-corrected chi connectivity index (χ0v) is 12.9. The summed E-state index contributed by atoms with van der Waals surface area (Å²) in [5, 5.41) is 0. The van der Waals surface area contributed by atoms with E-state index in [1.165, 1.54) is 0 Å². The molecule has 0 aromatic carbocycles. The fourth-order valence-corrected chi connectivity index (χ4v) is 1.31. The van der Waals surface area contributed by atoms with Gasteiger partial charge < -0.3 is 14.2 Å². The van der Waals surface area contributed by atoms with E-state index in [0.717, 1.165) is 25.0 Å². The highest BCUT2D eigenvalue weighted by molar-refractivity contribution is 5.91. The summed E-state index contributed by atoms with van der Waals surface area (Å²) in [4.78, 5) is 22.6. The van der Waals surface area contributed by atoms with Crippen molar-refractivity contribution in [3.8, 4) is 0 Å². The molecule has 0 aliphatic rings. The molecule has 0 radical (unpaired) electrons. The van der Waals surface area contributed by atoms with Gasteiger partial charge in [-0.15, -0.1) is 0 Å². The minimum atomic E-state index is -0.524. The highest BCUT2D eigenvalue weighted by Crippen LogP contribution is 2.07. The van der Waals surface area contributed by atoms with Crippen LogP contribution < -0.4 is 0 Å². The molecule has 0 aliphatic heterocycles. The lowest BCUT2D eigenvalue weighted by atomic mass is 10.1. The fourth-order valence-electron chi connectivity index (χ4n) is 1.31. The minimum Gasteiger partial charge on any atom is -0.463 e. The molecule has 0 saturated heterocycles. The zero-order valence-electron chi connectivity index (χ0n) is 12.9. The first-order valence-corrected chi connectivity index (χ1v) is 6.96. The lowest BCUT2D eigenvalue weighted by Gasteiger charge is -2.10. The third kappa shape index (κ3) is 11.7. The second kappa shape index (κ2) is 11.5. The first-order valence-electron chi connectivity index (χ1n) is 6.96. The molecule has 20 heavy (non-hydrogen) atoms. The smallest absolute Gasteiger partial charge is 0.331 e. The zero-order chi connectivity index (χ0) is 15.4. The van der Waals surface area contributed by atoms with E-state index >= 15 is 0 Å². The summed E-state index contributed by atoms with van der Waals surface area (Å²) >= 11 is 0. The molecule has 5 heteroatoms. The van der Waals surface area contributed by atoms with E-state index < -0.39 is 11.9 Å². The maximum Gasteiger partial charge on any atom is 0.331 e. The highest BCUT2D eigenvalue weighted by atomic mass is 16.5. The van der Waals surface area contributed by atoms with Crippen molar-refractivity contribution in [2.45, 2.75) is 33.6 Å². The van der Waals surface area contributed by atoms with Crippen molar-refractivity contribution in [3.05, 3.63) is 12.2 Å². The van der Waals surface area contributed by atoms with Crippen LogP contribution in [-0.4, -0.2) is 38.9 Å². The van der Waals surface area contributed by atoms with Crippen LogP contribution in [0.4, 0.5) is 0 Å². The summed E-state index contributed by atoms with van der Waals surface area (Å²) in [6.45, 7) is 7.35. The topological polar surface area (TPSA) is 61.8 Å². The number of carbonyl (C=O) groups excluding carboxylic acids is 2. The van der Waals surface area contributed by atoms with E-state index in [4.69, 9.17) is 14.2 Å². The van der Waals surface area contributed by atoms with Crippen molar-refractivity contribution in [3.63, 3.8) is 0 Å². The predicted molar refractivity (Wildman–Crippen MR) is 76.2 cm³/mol. The van der Waals surface area contributed by atoms with Crippen LogP contribution in [0.15, 0.2) is 12.2 Å². The Hall–Kier alpha value is -1.36. The van der Waals surface area contributed by atoms with E-state index in [0.29, 0.717) is 25.7 Å². The average molecular weight is 286 g/mol. The summed E-state index contributed by atoms with van der Waals surface area (Å²) in [5.41, 5.74) is 0. The van der Waals surface area contributed by atoms with Gasteiger partial charge in [-0.3, -0.25) is 0 Å². The molecular formula is C15H26O5. The van der Waals surface area contributed by atoms with Gasteiger partial charge in [0.15, 0.2) is 0 Å². The molecule has 0 bridgehead atoms. The lowest BCUT2D eigenvalue weighted by Crippen LogP contribution is -2.10. The molecule has 0 heterocycles. The van der Waals surface area contributed by atoms with Crippen LogP contribution in [0.1, 0.15) is 33.6 Å². The van der Waals surface area contributed by atoms with Crippen molar-refractivity contribution >= 4 is 11.9 Å². The van der Waals surface area contributed by atoms with Crippen LogP contribution in [0, 0.1) is 11.8 Å². The Labute approximate surface area is 121 Å². The fraction of sp³-hybridized carbons (Fsp3) is 0.733. The van der Waals surface area contributed by atoms with Gasteiger partial charge in [0.25, 0.3) is 0 Å².